The lowest BCUT2D eigenvalue weighted by Gasteiger charge is -2.20. The second kappa shape index (κ2) is 10.8. The molecule has 0 aliphatic heterocycles. The SMILES string of the molecule is CC(=O)c1ccc(NC(=O)CCSc2nnc(C(C)N(C)C)n2-c2ccc(Cl)cc2)cc1. The second-order valence-electron chi connectivity index (χ2n) is 7.57. The molecule has 7 nitrogen and oxygen atoms in total. The number of Topliss-reactive ketones (excluding diaryl/α,β-unsaturated/α-hetero) is 1. The molecule has 0 bridgehead atoms. The third-order valence-electron chi connectivity index (χ3n) is 5.03. The standard InChI is InChI=1S/C23H26ClN5O2S/c1-15(28(3)4)22-26-27-23(29(22)20-11-7-18(24)8-12-20)32-14-13-21(31)25-19-9-5-17(6-10-19)16(2)30/h5-12,15H,13-14H2,1-4H3,(H,25,31). The number of aromatic nitrogens is 3. The summed E-state index contributed by atoms with van der Waals surface area (Å²) in [6.07, 6.45) is 0.311. The molecule has 3 rings (SSSR count). The first-order chi connectivity index (χ1) is 15.3. The molecule has 1 atom stereocenters. The van der Waals surface area contributed by atoms with Gasteiger partial charge in [-0.2, -0.15) is 0 Å². The number of thioether (sulfide) groups is 1. The molecule has 1 unspecified atom stereocenters. The first-order valence-corrected chi connectivity index (χ1v) is 11.5. The molecular formula is C23H26ClN5O2S. The smallest absolute Gasteiger partial charge is 0.225 e. The summed E-state index contributed by atoms with van der Waals surface area (Å²) in [7, 11) is 3.98. The molecule has 0 saturated heterocycles. The van der Waals surface area contributed by atoms with E-state index in [4.69, 9.17) is 11.6 Å². The Morgan fingerprint density at radius 3 is 2.34 bits per heavy atom. The largest absolute Gasteiger partial charge is 0.326 e. The number of ketones is 1. The average Bonchev–Trinajstić information content (AvgIpc) is 3.17. The Labute approximate surface area is 197 Å². The zero-order chi connectivity index (χ0) is 23.3. The first kappa shape index (κ1) is 24.0. The number of nitrogens with one attached hydrogen (secondary N) is 1. The van der Waals surface area contributed by atoms with Gasteiger partial charge >= 0.3 is 0 Å². The molecule has 168 valence electrons. The van der Waals surface area contributed by atoms with Gasteiger partial charge in [0.05, 0.1) is 6.04 Å². The van der Waals surface area contributed by atoms with E-state index in [1.165, 1.54) is 18.7 Å². The van der Waals surface area contributed by atoms with Gasteiger partial charge in [0.1, 0.15) is 0 Å². The lowest BCUT2D eigenvalue weighted by molar-refractivity contribution is -0.115. The van der Waals surface area contributed by atoms with Gasteiger partial charge in [0.2, 0.25) is 5.91 Å². The first-order valence-electron chi connectivity index (χ1n) is 10.2. The Hall–Kier alpha value is -2.68. The summed E-state index contributed by atoms with van der Waals surface area (Å²) in [6, 6.07) is 14.4. The summed E-state index contributed by atoms with van der Waals surface area (Å²) in [4.78, 5) is 25.8. The van der Waals surface area contributed by atoms with Gasteiger partial charge in [-0.05, 0) is 76.5 Å². The van der Waals surface area contributed by atoms with Crippen LogP contribution >= 0.6 is 23.4 Å². The summed E-state index contributed by atoms with van der Waals surface area (Å²) in [5.41, 5.74) is 2.19. The fourth-order valence-electron chi connectivity index (χ4n) is 2.96. The lowest BCUT2D eigenvalue weighted by Crippen LogP contribution is -2.20. The van der Waals surface area contributed by atoms with Crippen LogP contribution in [0.1, 0.15) is 42.5 Å². The number of benzene rings is 2. The van der Waals surface area contributed by atoms with Crippen molar-refractivity contribution in [3.8, 4) is 5.69 Å². The van der Waals surface area contributed by atoms with Gasteiger partial charge in [-0.25, -0.2) is 0 Å². The fourth-order valence-corrected chi connectivity index (χ4v) is 3.98. The molecule has 1 amide bonds. The highest BCUT2D eigenvalue weighted by Crippen LogP contribution is 2.28. The molecule has 0 fully saturated rings. The highest BCUT2D eigenvalue weighted by molar-refractivity contribution is 7.99. The van der Waals surface area contributed by atoms with Gasteiger partial charge in [-0.3, -0.25) is 19.1 Å². The van der Waals surface area contributed by atoms with Crippen LogP contribution in [0, 0.1) is 0 Å². The lowest BCUT2D eigenvalue weighted by atomic mass is 10.1. The summed E-state index contributed by atoms with van der Waals surface area (Å²) in [5, 5.41) is 13.0. The fraction of sp³-hybridized carbons (Fsp3) is 0.304. The molecule has 2 aromatic carbocycles. The molecule has 1 aromatic heterocycles. The van der Waals surface area contributed by atoms with E-state index in [0.29, 0.717) is 28.4 Å². The Kier molecular flexibility index (Phi) is 8.06. The Bertz CT molecular complexity index is 1080. The third kappa shape index (κ3) is 5.97. The zero-order valence-corrected chi connectivity index (χ0v) is 20.1. The van der Waals surface area contributed by atoms with E-state index >= 15 is 0 Å². The molecule has 0 saturated carbocycles. The molecule has 0 aliphatic carbocycles. The van der Waals surface area contributed by atoms with Crippen LogP contribution in [0.2, 0.25) is 5.02 Å². The van der Waals surface area contributed by atoms with Crippen LogP contribution in [0.4, 0.5) is 5.69 Å². The van der Waals surface area contributed by atoms with Gasteiger partial charge in [0.15, 0.2) is 16.8 Å². The number of anilines is 1. The van der Waals surface area contributed by atoms with Crippen LogP contribution in [0.15, 0.2) is 53.7 Å². The summed E-state index contributed by atoms with van der Waals surface area (Å²) >= 11 is 7.53. The van der Waals surface area contributed by atoms with Crippen molar-refractivity contribution in [2.75, 3.05) is 25.2 Å². The summed E-state index contributed by atoms with van der Waals surface area (Å²) < 4.78 is 2.00. The summed E-state index contributed by atoms with van der Waals surface area (Å²) in [6.45, 7) is 3.58. The molecule has 0 spiro atoms. The van der Waals surface area contributed by atoms with Crippen LogP contribution in [-0.4, -0.2) is 51.2 Å². The zero-order valence-electron chi connectivity index (χ0n) is 18.5. The van der Waals surface area contributed by atoms with Crippen molar-refractivity contribution < 1.29 is 9.59 Å². The van der Waals surface area contributed by atoms with Crippen molar-refractivity contribution in [2.24, 2.45) is 0 Å². The number of hydrogen-bond acceptors (Lipinski definition) is 6. The van der Waals surface area contributed by atoms with E-state index < -0.39 is 0 Å². The van der Waals surface area contributed by atoms with Crippen LogP contribution in [-0.2, 0) is 4.79 Å². The maximum Gasteiger partial charge on any atom is 0.225 e. The predicted octanol–water partition coefficient (Wildman–Crippen LogP) is 4.87. The number of hydrogen-bond donors (Lipinski definition) is 1. The second-order valence-corrected chi connectivity index (χ2v) is 9.07. The van der Waals surface area contributed by atoms with E-state index in [1.807, 2.05) is 42.9 Å². The van der Waals surface area contributed by atoms with E-state index in [0.717, 1.165) is 16.7 Å². The Morgan fingerprint density at radius 2 is 1.75 bits per heavy atom. The Balaban J connectivity index is 1.68. The molecule has 0 radical (unpaired) electrons. The van der Waals surface area contributed by atoms with E-state index in [-0.39, 0.29) is 17.7 Å². The van der Waals surface area contributed by atoms with E-state index in [1.54, 1.807) is 24.3 Å². The van der Waals surface area contributed by atoms with Crippen molar-refractivity contribution in [1.82, 2.24) is 19.7 Å². The van der Waals surface area contributed by atoms with Crippen LogP contribution in [0.25, 0.3) is 5.69 Å². The minimum atomic E-state index is -0.104. The highest BCUT2D eigenvalue weighted by Gasteiger charge is 2.21. The molecular weight excluding hydrogens is 446 g/mol. The van der Waals surface area contributed by atoms with Crippen molar-refractivity contribution in [2.45, 2.75) is 31.5 Å². The molecule has 0 aliphatic rings. The van der Waals surface area contributed by atoms with Gasteiger partial charge < -0.3 is 5.32 Å². The number of halogens is 1. The normalized spacial score (nSPS) is 12.1. The van der Waals surface area contributed by atoms with E-state index in [9.17, 15) is 9.59 Å². The minimum absolute atomic E-state index is 0.00738. The minimum Gasteiger partial charge on any atom is -0.326 e. The quantitative estimate of drug-likeness (QED) is 0.354. The van der Waals surface area contributed by atoms with Gasteiger partial charge in [0, 0.05) is 34.1 Å². The van der Waals surface area contributed by atoms with E-state index in [2.05, 4.69) is 27.3 Å². The monoisotopic (exact) mass is 471 g/mol. The van der Waals surface area contributed by atoms with Crippen molar-refractivity contribution in [1.29, 1.82) is 0 Å². The topological polar surface area (TPSA) is 80.1 Å². The maximum absolute atomic E-state index is 12.4. The van der Waals surface area contributed by atoms with Crippen LogP contribution in [0.3, 0.4) is 0 Å². The summed E-state index contributed by atoms with van der Waals surface area (Å²) in [5.74, 6) is 1.24. The maximum atomic E-state index is 12.4. The number of carbonyl (C=O) groups is 2. The van der Waals surface area contributed by atoms with Crippen molar-refractivity contribution >= 4 is 40.7 Å². The average molecular weight is 472 g/mol. The van der Waals surface area contributed by atoms with Gasteiger partial charge in [-0.1, -0.05) is 23.4 Å². The van der Waals surface area contributed by atoms with Crippen LogP contribution < -0.4 is 5.32 Å². The molecule has 9 heteroatoms. The van der Waals surface area contributed by atoms with Crippen LogP contribution in [0.5, 0.6) is 0 Å². The number of amides is 1. The molecule has 3 aromatic rings. The number of rotatable bonds is 9. The predicted molar refractivity (Wildman–Crippen MR) is 129 cm³/mol. The highest BCUT2D eigenvalue weighted by atomic mass is 35.5. The van der Waals surface area contributed by atoms with Crippen molar-refractivity contribution in [3.05, 3.63) is 64.9 Å². The molecule has 1 heterocycles. The number of nitrogens with zero attached hydrogens (tertiary/aromatic N) is 4. The number of carbonyl (C=O) groups excluding carboxylic acids is 2. The molecule has 1 N–H and O–H groups in total. The molecule has 32 heavy (non-hydrogen) atoms. The van der Waals surface area contributed by atoms with Gasteiger partial charge in [-0.15, -0.1) is 10.2 Å². The van der Waals surface area contributed by atoms with Crippen molar-refractivity contribution in [3.63, 3.8) is 0 Å². The Morgan fingerprint density at radius 1 is 1.09 bits per heavy atom. The third-order valence-corrected chi connectivity index (χ3v) is 6.21. The van der Waals surface area contributed by atoms with Gasteiger partial charge in [0.25, 0.3) is 0 Å².